The molecule has 1 fully saturated rings. The van der Waals surface area contributed by atoms with E-state index in [1.165, 1.54) is 11.0 Å². The summed E-state index contributed by atoms with van der Waals surface area (Å²) < 4.78 is 39.9. The Bertz CT molecular complexity index is 617. The van der Waals surface area contributed by atoms with Crippen molar-refractivity contribution in [3.05, 3.63) is 34.9 Å². The minimum atomic E-state index is -4.58. The quantitative estimate of drug-likeness (QED) is 0.830. The molecule has 0 spiro atoms. The number of fused-ring (bicyclic) bond motifs is 3. The van der Waals surface area contributed by atoms with Gasteiger partial charge in [0.25, 0.3) is 5.91 Å². The average Bonchev–Trinajstić information content (AvgIpc) is 2.47. The molecule has 22 heavy (non-hydrogen) atoms. The third kappa shape index (κ3) is 2.03. The Labute approximate surface area is 126 Å². The number of hydrogen-bond donors (Lipinski definition) is 2. The third-order valence-corrected chi connectivity index (χ3v) is 4.67. The summed E-state index contributed by atoms with van der Waals surface area (Å²) in [5, 5.41) is 3.14. The van der Waals surface area contributed by atoms with Crippen LogP contribution in [0.4, 0.5) is 13.2 Å². The lowest BCUT2D eigenvalue weighted by atomic mass is 9.72. The van der Waals surface area contributed by atoms with E-state index in [-0.39, 0.29) is 11.6 Å². The monoisotopic (exact) mass is 313 g/mol. The van der Waals surface area contributed by atoms with Gasteiger partial charge in [0.1, 0.15) is 0 Å². The molecule has 3 rings (SSSR count). The van der Waals surface area contributed by atoms with Crippen molar-refractivity contribution in [2.45, 2.75) is 31.1 Å². The zero-order valence-electron chi connectivity index (χ0n) is 12.2. The van der Waals surface area contributed by atoms with Crippen molar-refractivity contribution in [1.29, 1.82) is 0 Å². The van der Waals surface area contributed by atoms with Gasteiger partial charge in [-0.25, -0.2) is 0 Å². The lowest BCUT2D eigenvalue weighted by Crippen LogP contribution is -2.68. The summed E-state index contributed by atoms with van der Waals surface area (Å²) in [6, 6.07) is 3.55. The van der Waals surface area contributed by atoms with Crippen molar-refractivity contribution in [3.8, 4) is 0 Å². The summed E-state index contributed by atoms with van der Waals surface area (Å²) in [7, 11) is 0. The van der Waals surface area contributed by atoms with Gasteiger partial charge in [0.2, 0.25) is 0 Å². The highest BCUT2D eigenvalue weighted by Gasteiger charge is 2.51. The maximum Gasteiger partial charge on any atom is 0.417 e. The van der Waals surface area contributed by atoms with Crippen molar-refractivity contribution in [1.82, 2.24) is 10.2 Å². The van der Waals surface area contributed by atoms with Crippen molar-refractivity contribution in [2.24, 2.45) is 5.73 Å². The van der Waals surface area contributed by atoms with Crippen LogP contribution < -0.4 is 11.1 Å². The van der Waals surface area contributed by atoms with Crippen LogP contribution in [0.3, 0.4) is 0 Å². The first-order valence-electron chi connectivity index (χ1n) is 7.32. The lowest BCUT2D eigenvalue weighted by Gasteiger charge is -2.51. The summed E-state index contributed by atoms with van der Waals surface area (Å²) in [5.41, 5.74) is 4.61. The highest BCUT2D eigenvalue weighted by Crippen LogP contribution is 2.42. The number of carbonyl (C=O) groups excluding carboxylic acids is 1. The highest BCUT2D eigenvalue weighted by molar-refractivity contribution is 5.99. The van der Waals surface area contributed by atoms with E-state index in [9.17, 15) is 18.0 Å². The largest absolute Gasteiger partial charge is 0.417 e. The third-order valence-electron chi connectivity index (χ3n) is 4.67. The number of benzene rings is 1. The topological polar surface area (TPSA) is 58.4 Å². The van der Waals surface area contributed by atoms with E-state index in [1.807, 2.05) is 0 Å². The molecule has 120 valence electrons. The summed E-state index contributed by atoms with van der Waals surface area (Å²) >= 11 is 0. The van der Waals surface area contributed by atoms with E-state index in [1.54, 1.807) is 13.0 Å². The Balaban J connectivity index is 2.27. The molecule has 2 aliphatic rings. The van der Waals surface area contributed by atoms with Gasteiger partial charge in [0.05, 0.1) is 22.7 Å². The molecule has 0 aliphatic carbocycles. The number of nitrogens with zero attached hydrogens (tertiary/aromatic N) is 1. The molecule has 3 N–H and O–H groups in total. The number of halogens is 3. The smallest absolute Gasteiger partial charge is 0.334 e. The molecule has 2 heterocycles. The van der Waals surface area contributed by atoms with Crippen LogP contribution >= 0.6 is 0 Å². The number of amides is 1. The van der Waals surface area contributed by atoms with Crippen LogP contribution in [0.1, 0.15) is 34.8 Å². The van der Waals surface area contributed by atoms with Gasteiger partial charge in [-0.2, -0.15) is 13.2 Å². The number of rotatable bonds is 1. The molecule has 0 aromatic heterocycles. The molecule has 1 aromatic carbocycles. The van der Waals surface area contributed by atoms with Crippen molar-refractivity contribution in [3.63, 3.8) is 0 Å². The average molecular weight is 313 g/mol. The molecule has 2 aliphatic heterocycles. The second-order valence-corrected chi connectivity index (χ2v) is 5.84. The van der Waals surface area contributed by atoms with Crippen molar-refractivity contribution >= 4 is 5.91 Å². The predicted molar refractivity (Wildman–Crippen MR) is 75.3 cm³/mol. The first kappa shape index (κ1) is 15.3. The molecule has 0 bridgehead atoms. The second-order valence-electron chi connectivity index (χ2n) is 5.84. The van der Waals surface area contributed by atoms with Gasteiger partial charge in [-0.15, -0.1) is 0 Å². The van der Waals surface area contributed by atoms with Crippen molar-refractivity contribution in [2.75, 3.05) is 19.6 Å². The number of nitrogens with two attached hydrogens (primary N) is 1. The number of hydrogen-bond acceptors (Lipinski definition) is 3. The first-order valence-corrected chi connectivity index (χ1v) is 7.32. The molecule has 0 radical (unpaired) electrons. The van der Waals surface area contributed by atoms with Gasteiger partial charge in [-0.1, -0.05) is 12.1 Å². The fourth-order valence-electron chi connectivity index (χ4n) is 3.67. The number of alkyl halides is 3. The Kier molecular flexibility index (Phi) is 3.45. The van der Waals surface area contributed by atoms with Crippen molar-refractivity contribution < 1.29 is 18.0 Å². The zero-order chi connectivity index (χ0) is 16.1. The molecular weight excluding hydrogens is 295 g/mol. The Morgan fingerprint density at radius 1 is 1.45 bits per heavy atom. The predicted octanol–water partition coefficient (Wildman–Crippen LogP) is 1.70. The Hall–Kier alpha value is -1.60. The first-order chi connectivity index (χ1) is 10.3. The standard InChI is InChI=1S/C15H18F3N3O/c1-2-21-11-6-7-20-8-14(11,19)9-4-3-5-10(15(16,17)18)12(9)13(21)22/h3-5,11,20H,2,6-8,19H2,1H3. The number of nitrogens with one attached hydrogen (secondary N) is 1. The Morgan fingerprint density at radius 2 is 2.18 bits per heavy atom. The lowest BCUT2D eigenvalue weighted by molar-refractivity contribution is -0.138. The molecule has 0 saturated carbocycles. The second kappa shape index (κ2) is 4.96. The van der Waals surface area contributed by atoms with E-state index in [4.69, 9.17) is 5.73 Å². The van der Waals surface area contributed by atoms with Crippen LogP contribution in [0, 0.1) is 0 Å². The summed E-state index contributed by atoms with van der Waals surface area (Å²) in [6.07, 6.45) is -3.95. The summed E-state index contributed by atoms with van der Waals surface area (Å²) in [4.78, 5) is 14.1. The van der Waals surface area contributed by atoms with Gasteiger partial charge < -0.3 is 16.0 Å². The fourth-order valence-corrected chi connectivity index (χ4v) is 3.67. The van der Waals surface area contributed by atoms with Crippen LogP contribution in [-0.2, 0) is 11.7 Å². The molecule has 1 aromatic rings. The van der Waals surface area contributed by atoms with E-state index >= 15 is 0 Å². The van der Waals surface area contributed by atoms with Crippen LogP contribution in [0.15, 0.2) is 18.2 Å². The van der Waals surface area contributed by atoms with Gasteiger partial charge in [-0.3, -0.25) is 4.79 Å². The maximum absolute atomic E-state index is 13.3. The van der Waals surface area contributed by atoms with E-state index < -0.39 is 23.2 Å². The van der Waals surface area contributed by atoms with Crippen LogP contribution in [0.5, 0.6) is 0 Å². The van der Waals surface area contributed by atoms with Gasteiger partial charge in [0, 0.05) is 13.1 Å². The molecule has 1 amide bonds. The minimum absolute atomic E-state index is 0.276. The van der Waals surface area contributed by atoms with E-state index in [0.717, 1.165) is 6.07 Å². The van der Waals surface area contributed by atoms with Crippen LogP contribution in [-0.4, -0.2) is 36.5 Å². The molecule has 1 saturated heterocycles. The fraction of sp³-hybridized carbons (Fsp3) is 0.533. The molecular formula is C15H18F3N3O. The zero-order valence-corrected chi connectivity index (χ0v) is 12.2. The SMILES string of the molecule is CCN1C(=O)c2c(C(F)(F)F)cccc2C2(N)CNCCC12. The van der Waals surface area contributed by atoms with E-state index in [0.29, 0.717) is 31.6 Å². The van der Waals surface area contributed by atoms with Crippen LogP contribution in [0.25, 0.3) is 0 Å². The number of piperidine rings is 1. The van der Waals surface area contributed by atoms with Gasteiger partial charge >= 0.3 is 6.18 Å². The number of carbonyl (C=O) groups is 1. The highest BCUT2D eigenvalue weighted by atomic mass is 19.4. The minimum Gasteiger partial charge on any atom is -0.334 e. The maximum atomic E-state index is 13.3. The Morgan fingerprint density at radius 3 is 2.82 bits per heavy atom. The molecule has 2 atom stereocenters. The normalized spacial score (nSPS) is 28.3. The van der Waals surface area contributed by atoms with Gasteiger partial charge in [0.15, 0.2) is 0 Å². The number of likely N-dealkylation sites (N-methyl/N-ethyl adjacent to an activating group) is 1. The summed E-state index contributed by atoms with van der Waals surface area (Å²) in [6.45, 7) is 3.16. The van der Waals surface area contributed by atoms with Gasteiger partial charge in [-0.05, 0) is 31.5 Å². The van der Waals surface area contributed by atoms with E-state index in [2.05, 4.69) is 5.32 Å². The summed E-state index contributed by atoms with van der Waals surface area (Å²) in [5.74, 6) is -0.571. The van der Waals surface area contributed by atoms with Crippen LogP contribution in [0.2, 0.25) is 0 Å². The molecule has 2 unspecified atom stereocenters. The molecule has 7 heteroatoms. The molecule has 4 nitrogen and oxygen atoms in total.